The van der Waals surface area contributed by atoms with Crippen molar-refractivity contribution < 1.29 is 9.90 Å². The number of amides is 1. The molecule has 5 nitrogen and oxygen atoms in total. The second kappa shape index (κ2) is 5.31. The van der Waals surface area contributed by atoms with Gasteiger partial charge in [0.1, 0.15) is 5.75 Å². The van der Waals surface area contributed by atoms with Crippen molar-refractivity contribution in [1.82, 2.24) is 9.88 Å². The molecule has 0 saturated heterocycles. The molecule has 0 atom stereocenters. The largest absolute Gasteiger partial charge is 0.505 e. The molecule has 0 bridgehead atoms. The first-order valence-electron chi connectivity index (χ1n) is 4.83. The van der Waals surface area contributed by atoms with Crippen LogP contribution < -0.4 is 5.73 Å². The highest BCUT2D eigenvalue weighted by molar-refractivity contribution is 5.96. The molecular weight excluding hydrogens is 194 g/mol. The number of aromatic hydroxyl groups is 1. The van der Waals surface area contributed by atoms with Crippen molar-refractivity contribution in [3.8, 4) is 5.75 Å². The van der Waals surface area contributed by atoms with E-state index >= 15 is 0 Å². The van der Waals surface area contributed by atoms with E-state index < -0.39 is 0 Å². The van der Waals surface area contributed by atoms with Crippen LogP contribution in [0.4, 0.5) is 0 Å². The number of likely N-dealkylation sites (N-methyl/N-ethyl adjacent to an activating group) is 1. The third-order valence-electron chi connectivity index (χ3n) is 2.10. The van der Waals surface area contributed by atoms with Crippen LogP contribution >= 0.6 is 0 Å². The molecule has 0 aliphatic carbocycles. The maximum absolute atomic E-state index is 11.9. The smallest absolute Gasteiger partial charge is 0.257 e. The lowest BCUT2D eigenvalue weighted by molar-refractivity contribution is 0.0766. The van der Waals surface area contributed by atoms with Gasteiger partial charge in [-0.05, 0) is 13.0 Å². The molecule has 1 aromatic rings. The molecule has 1 aromatic heterocycles. The van der Waals surface area contributed by atoms with Gasteiger partial charge in [-0.25, -0.2) is 0 Å². The van der Waals surface area contributed by atoms with Crippen molar-refractivity contribution in [2.24, 2.45) is 5.73 Å². The highest BCUT2D eigenvalue weighted by atomic mass is 16.3. The molecule has 82 valence electrons. The molecule has 0 spiro atoms. The van der Waals surface area contributed by atoms with Crippen LogP contribution in [-0.2, 0) is 0 Å². The zero-order valence-electron chi connectivity index (χ0n) is 8.68. The lowest BCUT2D eigenvalue weighted by Crippen LogP contribution is -2.35. The summed E-state index contributed by atoms with van der Waals surface area (Å²) in [6, 6.07) is 1.50. The van der Waals surface area contributed by atoms with E-state index in [-0.39, 0.29) is 17.2 Å². The van der Waals surface area contributed by atoms with Crippen LogP contribution in [0, 0.1) is 0 Å². The van der Waals surface area contributed by atoms with Gasteiger partial charge in [-0.15, -0.1) is 0 Å². The molecule has 0 aromatic carbocycles. The third kappa shape index (κ3) is 2.66. The lowest BCUT2D eigenvalue weighted by Gasteiger charge is -2.20. The van der Waals surface area contributed by atoms with Gasteiger partial charge < -0.3 is 15.7 Å². The van der Waals surface area contributed by atoms with Crippen molar-refractivity contribution in [3.05, 3.63) is 24.0 Å². The third-order valence-corrected chi connectivity index (χ3v) is 2.10. The number of nitrogens with two attached hydrogens (primary N) is 1. The minimum absolute atomic E-state index is 0.0991. The summed E-state index contributed by atoms with van der Waals surface area (Å²) in [5, 5.41) is 9.45. The highest BCUT2D eigenvalue weighted by Gasteiger charge is 2.16. The van der Waals surface area contributed by atoms with Crippen LogP contribution in [0.1, 0.15) is 17.3 Å². The monoisotopic (exact) mass is 209 g/mol. The first-order valence-corrected chi connectivity index (χ1v) is 4.83. The minimum atomic E-state index is -0.220. The molecule has 0 radical (unpaired) electrons. The summed E-state index contributed by atoms with van der Waals surface area (Å²) in [6.45, 7) is 3.33. The Labute approximate surface area is 88.5 Å². The Kier molecular flexibility index (Phi) is 4.05. The Balaban J connectivity index is 2.88. The van der Waals surface area contributed by atoms with Gasteiger partial charge >= 0.3 is 0 Å². The molecule has 1 rings (SSSR count). The van der Waals surface area contributed by atoms with Gasteiger partial charge in [-0.3, -0.25) is 9.78 Å². The van der Waals surface area contributed by atoms with Crippen LogP contribution in [0.15, 0.2) is 18.5 Å². The molecule has 5 heteroatoms. The molecular formula is C10H15N3O2. The Morgan fingerprint density at radius 3 is 2.93 bits per heavy atom. The summed E-state index contributed by atoms with van der Waals surface area (Å²) in [4.78, 5) is 17.2. The average Bonchev–Trinajstić information content (AvgIpc) is 2.25. The first kappa shape index (κ1) is 11.5. The van der Waals surface area contributed by atoms with Crippen LogP contribution in [-0.4, -0.2) is 40.5 Å². The predicted molar refractivity (Wildman–Crippen MR) is 56.5 cm³/mol. The second-order valence-corrected chi connectivity index (χ2v) is 3.07. The van der Waals surface area contributed by atoms with Crippen LogP contribution in [0.5, 0.6) is 5.75 Å². The summed E-state index contributed by atoms with van der Waals surface area (Å²) in [6.07, 6.45) is 2.73. The maximum Gasteiger partial charge on any atom is 0.257 e. The standard InChI is InChI=1S/C10H15N3O2/c1-2-13(6-4-11)10(15)8-3-5-12-7-9(8)14/h3,5,7,14H,2,4,6,11H2,1H3. The summed E-state index contributed by atoms with van der Waals surface area (Å²) in [7, 11) is 0. The number of carbonyl (C=O) groups excluding carboxylic acids is 1. The van der Waals surface area contributed by atoms with Gasteiger partial charge in [-0.1, -0.05) is 0 Å². The van der Waals surface area contributed by atoms with Crippen LogP contribution in [0.2, 0.25) is 0 Å². The quantitative estimate of drug-likeness (QED) is 0.742. The Morgan fingerprint density at radius 2 is 2.40 bits per heavy atom. The Bertz CT molecular complexity index is 341. The van der Waals surface area contributed by atoms with Crippen molar-refractivity contribution >= 4 is 5.91 Å². The van der Waals surface area contributed by atoms with E-state index in [0.29, 0.717) is 19.6 Å². The van der Waals surface area contributed by atoms with Crippen molar-refractivity contribution in [2.75, 3.05) is 19.6 Å². The van der Waals surface area contributed by atoms with Crippen molar-refractivity contribution in [2.45, 2.75) is 6.92 Å². The van der Waals surface area contributed by atoms with Gasteiger partial charge in [0, 0.05) is 25.8 Å². The molecule has 0 saturated carbocycles. The molecule has 0 unspecified atom stereocenters. The van der Waals surface area contributed by atoms with E-state index in [9.17, 15) is 9.90 Å². The highest BCUT2D eigenvalue weighted by Crippen LogP contribution is 2.15. The summed E-state index contributed by atoms with van der Waals surface area (Å²) >= 11 is 0. The summed E-state index contributed by atoms with van der Waals surface area (Å²) in [5.74, 6) is -0.319. The zero-order valence-corrected chi connectivity index (χ0v) is 8.68. The topological polar surface area (TPSA) is 79.5 Å². The first-order chi connectivity index (χ1) is 7.20. The zero-order chi connectivity index (χ0) is 11.3. The molecule has 3 N–H and O–H groups in total. The number of aromatic nitrogens is 1. The average molecular weight is 209 g/mol. The van der Waals surface area contributed by atoms with Gasteiger partial charge in [0.2, 0.25) is 0 Å². The number of hydrogen-bond donors (Lipinski definition) is 2. The fourth-order valence-electron chi connectivity index (χ4n) is 1.30. The Morgan fingerprint density at radius 1 is 1.67 bits per heavy atom. The van der Waals surface area contributed by atoms with Crippen LogP contribution in [0.25, 0.3) is 0 Å². The maximum atomic E-state index is 11.9. The van der Waals surface area contributed by atoms with E-state index in [1.807, 2.05) is 6.92 Å². The fourth-order valence-corrected chi connectivity index (χ4v) is 1.30. The van der Waals surface area contributed by atoms with E-state index in [2.05, 4.69) is 4.98 Å². The Hall–Kier alpha value is -1.62. The minimum Gasteiger partial charge on any atom is -0.505 e. The number of nitrogens with zero attached hydrogens (tertiary/aromatic N) is 2. The van der Waals surface area contributed by atoms with Gasteiger partial charge in [0.05, 0.1) is 11.8 Å². The molecule has 1 amide bonds. The van der Waals surface area contributed by atoms with E-state index in [1.54, 1.807) is 4.90 Å². The lowest BCUT2D eigenvalue weighted by atomic mass is 10.2. The van der Waals surface area contributed by atoms with E-state index in [4.69, 9.17) is 5.73 Å². The van der Waals surface area contributed by atoms with Gasteiger partial charge in [0.25, 0.3) is 5.91 Å². The molecule has 0 aliphatic rings. The molecule has 0 fully saturated rings. The second-order valence-electron chi connectivity index (χ2n) is 3.07. The van der Waals surface area contributed by atoms with Gasteiger partial charge in [-0.2, -0.15) is 0 Å². The fraction of sp³-hybridized carbons (Fsp3) is 0.400. The number of rotatable bonds is 4. The van der Waals surface area contributed by atoms with Gasteiger partial charge in [0.15, 0.2) is 0 Å². The summed E-state index contributed by atoms with van der Waals surface area (Å²) in [5.41, 5.74) is 5.65. The van der Waals surface area contributed by atoms with Crippen molar-refractivity contribution in [1.29, 1.82) is 0 Å². The van der Waals surface area contributed by atoms with E-state index in [0.717, 1.165) is 0 Å². The molecule has 1 heterocycles. The van der Waals surface area contributed by atoms with Crippen LogP contribution in [0.3, 0.4) is 0 Å². The van der Waals surface area contributed by atoms with Crippen molar-refractivity contribution in [3.63, 3.8) is 0 Å². The molecule has 15 heavy (non-hydrogen) atoms. The number of pyridine rings is 1. The van der Waals surface area contributed by atoms with E-state index in [1.165, 1.54) is 18.5 Å². The normalized spacial score (nSPS) is 10.0. The number of carbonyl (C=O) groups is 1. The summed E-state index contributed by atoms with van der Waals surface area (Å²) < 4.78 is 0. The molecule has 0 aliphatic heterocycles. The SMILES string of the molecule is CCN(CCN)C(=O)c1ccncc1O. The predicted octanol–water partition coefficient (Wildman–Crippen LogP) is 0.208. The number of hydrogen-bond acceptors (Lipinski definition) is 4.